The number of rotatable bonds is 2. The third-order valence-corrected chi connectivity index (χ3v) is 1.52. The van der Waals surface area contributed by atoms with Crippen LogP contribution in [0.3, 0.4) is 0 Å². The first kappa shape index (κ1) is 13.2. The van der Waals surface area contributed by atoms with Crippen LogP contribution in [0.1, 0.15) is 18.2 Å². The summed E-state index contributed by atoms with van der Waals surface area (Å²) in [4.78, 5) is 3.74. The Morgan fingerprint density at radius 1 is 1.36 bits per heavy atom. The van der Waals surface area contributed by atoms with Crippen molar-refractivity contribution < 1.29 is 13.2 Å². The number of aromatic nitrogens is 1. The number of hydrogen-bond donors (Lipinski definition) is 1. The smallest absolute Gasteiger partial charge is 0.322 e. The molecule has 1 rings (SSSR count). The molecule has 0 saturated heterocycles. The van der Waals surface area contributed by atoms with Gasteiger partial charge in [0.1, 0.15) is 0 Å². The normalized spacial score (nSPS) is 13.1. The van der Waals surface area contributed by atoms with Crippen molar-refractivity contribution in [1.29, 1.82) is 0 Å². The lowest BCUT2D eigenvalue weighted by Crippen LogP contribution is -2.20. The van der Waals surface area contributed by atoms with Crippen LogP contribution in [0.15, 0.2) is 24.4 Å². The van der Waals surface area contributed by atoms with Crippen molar-refractivity contribution >= 4 is 12.4 Å². The van der Waals surface area contributed by atoms with Gasteiger partial charge >= 0.3 is 6.18 Å². The molecule has 0 aliphatic carbocycles. The first-order chi connectivity index (χ1) is 5.99. The molecule has 1 aromatic heterocycles. The Labute approximate surface area is 85.7 Å². The van der Waals surface area contributed by atoms with Gasteiger partial charge in [-0.25, -0.2) is 0 Å². The molecule has 0 radical (unpaired) electrons. The summed E-state index contributed by atoms with van der Waals surface area (Å²) >= 11 is 0. The SMILES string of the molecule is Cl.N[C@H](CC(F)(F)F)c1ccccn1. The average molecular weight is 227 g/mol. The van der Waals surface area contributed by atoms with Gasteiger partial charge in [0.2, 0.25) is 0 Å². The summed E-state index contributed by atoms with van der Waals surface area (Å²) in [5.74, 6) is 0. The van der Waals surface area contributed by atoms with Gasteiger partial charge in [-0.3, -0.25) is 4.98 Å². The molecular weight excluding hydrogens is 217 g/mol. The fraction of sp³-hybridized carbons (Fsp3) is 0.375. The molecule has 6 heteroatoms. The highest BCUT2D eigenvalue weighted by Gasteiger charge is 2.31. The predicted molar refractivity (Wildman–Crippen MR) is 49.1 cm³/mol. The first-order valence-electron chi connectivity index (χ1n) is 3.72. The topological polar surface area (TPSA) is 38.9 Å². The average Bonchev–Trinajstić information content (AvgIpc) is 2.03. The van der Waals surface area contributed by atoms with Crippen molar-refractivity contribution in [2.24, 2.45) is 5.73 Å². The fourth-order valence-electron chi connectivity index (χ4n) is 0.949. The summed E-state index contributed by atoms with van der Waals surface area (Å²) in [5, 5.41) is 0. The third-order valence-electron chi connectivity index (χ3n) is 1.52. The minimum atomic E-state index is -4.24. The Bertz CT molecular complexity index is 263. The number of nitrogens with two attached hydrogens (primary N) is 1. The molecule has 1 atom stereocenters. The number of nitrogens with zero attached hydrogens (tertiary/aromatic N) is 1. The molecule has 0 bridgehead atoms. The van der Waals surface area contributed by atoms with Gasteiger partial charge in [0.15, 0.2) is 0 Å². The molecule has 0 aliphatic heterocycles. The molecule has 0 fully saturated rings. The van der Waals surface area contributed by atoms with Crippen molar-refractivity contribution in [3.05, 3.63) is 30.1 Å². The number of hydrogen-bond acceptors (Lipinski definition) is 2. The second-order valence-electron chi connectivity index (χ2n) is 2.68. The van der Waals surface area contributed by atoms with Crippen LogP contribution in [-0.4, -0.2) is 11.2 Å². The van der Waals surface area contributed by atoms with Crippen LogP contribution in [0.5, 0.6) is 0 Å². The van der Waals surface area contributed by atoms with E-state index in [1.807, 2.05) is 0 Å². The largest absolute Gasteiger partial charge is 0.390 e. The van der Waals surface area contributed by atoms with Crippen molar-refractivity contribution in [3.63, 3.8) is 0 Å². The fourth-order valence-corrected chi connectivity index (χ4v) is 0.949. The van der Waals surface area contributed by atoms with Crippen LogP contribution in [0.4, 0.5) is 13.2 Å². The van der Waals surface area contributed by atoms with E-state index in [1.165, 1.54) is 12.3 Å². The van der Waals surface area contributed by atoms with Crippen LogP contribution < -0.4 is 5.73 Å². The Hall–Kier alpha value is -0.810. The van der Waals surface area contributed by atoms with E-state index in [1.54, 1.807) is 12.1 Å². The lowest BCUT2D eigenvalue weighted by Gasteiger charge is -2.12. The molecule has 0 unspecified atom stereocenters. The summed E-state index contributed by atoms with van der Waals surface area (Å²) in [6.07, 6.45) is -3.85. The van der Waals surface area contributed by atoms with Crippen LogP contribution >= 0.6 is 12.4 Å². The van der Waals surface area contributed by atoms with Crippen molar-refractivity contribution in [2.75, 3.05) is 0 Å². The summed E-state index contributed by atoms with van der Waals surface area (Å²) in [5.41, 5.74) is 5.56. The molecule has 0 aromatic carbocycles. The van der Waals surface area contributed by atoms with E-state index in [2.05, 4.69) is 4.98 Å². The predicted octanol–water partition coefficient (Wildman–Crippen LogP) is 2.46. The van der Waals surface area contributed by atoms with Gasteiger partial charge in [0.25, 0.3) is 0 Å². The van der Waals surface area contributed by atoms with Crippen LogP contribution in [0, 0.1) is 0 Å². The summed E-state index contributed by atoms with van der Waals surface area (Å²) in [6.45, 7) is 0. The van der Waals surface area contributed by atoms with Crippen molar-refractivity contribution in [1.82, 2.24) is 4.98 Å². The van der Waals surface area contributed by atoms with Crippen LogP contribution in [0.25, 0.3) is 0 Å². The highest BCUT2D eigenvalue weighted by Crippen LogP contribution is 2.26. The Morgan fingerprint density at radius 2 is 2.00 bits per heavy atom. The lowest BCUT2D eigenvalue weighted by atomic mass is 10.1. The third kappa shape index (κ3) is 4.43. The van der Waals surface area contributed by atoms with E-state index in [0.29, 0.717) is 0 Å². The van der Waals surface area contributed by atoms with E-state index in [4.69, 9.17) is 5.73 Å². The second-order valence-corrected chi connectivity index (χ2v) is 2.68. The Morgan fingerprint density at radius 3 is 2.43 bits per heavy atom. The molecule has 1 heterocycles. The Balaban J connectivity index is 0.00000169. The quantitative estimate of drug-likeness (QED) is 0.841. The molecule has 0 aliphatic rings. The van der Waals surface area contributed by atoms with Gasteiger partial charge in [-0.15, -0.1) is 12.4 Å². The maximum atomic E-state index is 11.9. The van der Waals surface area contributed by atoms with Gasteiger partial charge in [0.05, 0.1) is 18.2 Å². The van der Waals surface area contributed by atoms with Crippen LogP contribution in [0.2, 0.25) is 0 Å². The van der Waals surface area contributed by atoms with Crippen molar-refractivity contribution in [2.45, 2.75) is 18.6 Å². The molecule has 2 nitrogen and oxygen atoms in total. The molecule has 2 N–H and O–H groups in total. The van der Waals surface area contributed by atoms with E-state index in [-0.39, 0.29) is 18.1 Å². The number of pyridine rings is 1. The number of halogens is 4. The zero-order valence-electron chi connectivity index (χ0n) is 7.16. The summed E-state index contributed by atoms with van der Waals surface area (Å²) in [6, 6.07) is 3.65. The number of alkyl halides is 3. The Kier molecular flexibility index (Phi) is 4.87. The van der Waals surface area contributed by atoms with E-state index in [9.17, 15) is 13.2 Å². The monoisotopic (exact) mass is 226 g/mol. The molecule has 14 heavy (non-hydrogen) atoms. The standard InChI is InChI=1S/C8H9F3N2.ClH/c9-8(10,11)5-6(12)7-3-1-2-4-13-7;/h1-4,6H,5,12H2;1H/t6-;/m1./s1. The first-order valence-corrected chi connectivity index (χ1v) is 3.72. The second kappa shape index (κ2) is 5.17. The molecule has 0 amide bonds. The minimum Gasteiger partial charge on any atom is -0.322 e. The highest BCUT2D eigenvalue weighted by molar-refractivity contribution is 5.85. The molecule has 0 saturated carbocycles. The van der Waals surface area contributed by atoms with Crippen LogP contribution in [-0.2, 0) is 0 Å². The van der Waals surface area contributed by atoms with E-state index in [0.717, 1.165) is 0 Å². The molecule has 0 spiro atoms. The van der Waals surface area contributed by atoms with E-state index < -0.39 is 18.6 Å². The molecule has 80 valence electrons. The zero-order chi connectivity index (χ0) is 9.90. The summed E-state index contributed by atoms with van der Waals surface area (Å²) < 4.78 is 35.7. The van der Waals surface area contributed by atoms with Gasteiger partial charge in [-0.2, -0.15) is 13.2 Å². The van der Waals surface area contributed by atoms with Gasteiger partial charge in [0, 0.05) is 6.20 Å². The highest BCUT2D eigenvalue weighted by atomic mass is 35.5. The molecular formula is C8H10ClF3N2. The van der Waals surface area contributed by atoms with Gasteiger partial charge in [-0.05, 0) is 12.1 Å². The maximum absolute atomic E-state index is 11.9. The summed E-state index contributed by atoms with van der Waals surface area (Å²) in [7, 11) is 0. The van der Waals surface area contributed by atoms with E-state index >= 15 is 0 Å². The maximum Gasteiger partial charge on any atom is 0.390 e. The molecule has 1 aromatic rings. The van der Waals surface area contributed by atoms with Gasteiger partial charge in [-0.1, -0.05) is 6.07 Å². The van der Waals surface area contributed by atoms with Gasteiger partial charge < -0.3 is 5.73 Å². The zero-order valence-corrected chi connectivity index (χ0v) is 7.98. The lowest BCUT2D eigenvalue weighted by molar-refractivity contribution is -0.138. The minimum absolute atomic E-state index is 0. The van der Waals surface area contributed by atoms with Crippen molar-refractivity contribution in [3.8, 4) is 0 Å².